The van der Waals surface area contributed by atoms with Crippen molar-refractivity contribution in [3.8, 4) is 0 Å². The Morgan fingerprint density at radius 2 is 2.00 bits per heavy atom. The zero-order valence-corrected chi connectivity index (χ0v) is 15.1. The highest BCUT2D eigenvalue weighted by atomic mass is 32.2. The van der Waals surface area contributed by atoms with E-state index in [0.29, 0.717) is 5.75 Å². The first kappa shape index (κ1) is 18.3. The number of nitrogens with one attached hydrogen (secondary N) is 1. The Morgan fingerprint density at radius 3 is 2.67 bits per heavy atom. The number of rotatable bonds is 6. The maximum absolute atomic E-state index is 12.2. The second-order valence-corrected chi connectivity index (χ2v) is 6.89. The molecule has 0 aliphatic heterocycles. The first-order valence-electron chi connectivity index (χ1n) is 7.83. The van der Waals surface area contributed by atoms with E-state index in [1.807, 2.05) is 37.3 Å². The van der Waals surface area contributed by atoms with Gasteiger partial charge in [0.25, 0.3) is 0 Å². The van der Waals surface area contributed by atoms with Crippen LogP contribution in [0.2, 0.25) is 0 Å². The van der Waals surface area contributed by atoms with Crippen molar-refractivity contribution in [2.45, 2.75) is 44.7 Å². The zero-order valence-electron chi connectivity index (χ0n) is 14.3. The summed E-state index contributed by atoms with van der Waals surface area (Å²) >= 11 is 1.51. The number of thioether (sulfide) groups is 1. The molecule has 0 saturated carbocycles. The van der Waals surface area contributed by atoms with Gasteiger partial charge in [0.05, 0.1) is 11.6 Å². The van der Waals surface area contributed by atoms with Gasteiger partial charge in [-0.2, -0.15) is 0 Å². The molecule has 1 N–H and O–H groups in total. The summed E-state index contributed by atoms with van der Waals surface area (Å²) in [7, 11) is 0. The van der Waals surface area contributed by atoms with Gasteiger partial charge in [-0.15, -0.1) is 11.8 Å². The normalized spacial score (nSPS) is 12.2. The summed E-state index contributed by atoms with van der Waals surface area (Å²) in [6, 6.07) is 9.19. The lowest BCUT2D eigenvalue weighted by Crippen LogP contribution is -2.43. The number of hydrogen-bond acceptors (Lipinski definition) is 5. The molecule has 5 nitrogen and oxygen atoms in total. The van der Waals surface area contributed by atoms with Crippen molar-refractivity contribution in [1.82, 2.24) is 10.3 Å². The molecule has 1 atom stereocenters. The van der Waals surface area contributed by atoms with Crippen molar-refractivity contribution < 1.29 is 14.3 Å². The molecule has 1 aromatic heterocycles. The Labute approximate surface area is 146 Å². The van der Waals surface area contributed by atoms with Crippen LogP contribution >= 0.6 is 11.8 Å². The molecule has 0 spiro atoms. The minimum atomic E-state index is -0.679. The fraction of sp³-hybridized carbons (Fsp3) is 0.389. The average molecular weight is 346 g/mol. The molecule has 0 aliphatic rings. The summed E-state index contributed by atoms with van der Waals surface area (Å²) in [6.45, 7) is 6.91. The highest BCUT2D eigenvalue weighted by Crippen LogP contribution is 2.28. The molecule has 1 unspecified atom stereocenters. The number of aryl methyl sites for hydroxylation is 1. The number of amides is 1. The van der Waals surface area contributed by atoms with Gasteiger partial charge in [0.1, 0.15) is 6.04 Å². The topological polar surface area (TPSA) is 68.3 Å². The molecule has 2 aromatic rings. The number of ether oxygens (including phenoxy) is 1. The van der Waals surface area contributed by atoms with Crippen LogP contribution in [0.1, 0.15) is 26.5 Å². The third kappa shape index (κ3) is 4.96. The standard InChI is InChI=1S/C18H22N2O3S/c1-11(2)23-18(22)16(20-13(4)21)10-24-17-9-12(3)19-15-8-6-5-7-14(15)17/h5-9,11,16H,10H2,1-4H3,(H,20,21). The first-order valence-corrected chi connectivity index (χ1v) is 8.82. The Morgan fingerprint density at radius 1 is 1.29 bits per heavy atom. The van der Waals surface area contributed by atoms with Gasteiger partial charge in [-0.25, -0.2) is 4.79 Å². The second kappa shape index (κ2) is 8.15. The largest absolute Gasteiger partial charge is 0.461 e. The number of aromatic nitrogens is 1. The van der Waals surface area contributed by atoms with Crippen molar-refractivity contribution in [3.63, 3.8) is 0 Å². The highest BCUT2D eigenvalue weighted by molar-refractivity contribution is 7.99. The molecule has 1 heterocycles. The van der Waals surface area contributed by atoms with Crippen LogP contribution in [-0.2, 0) is 14.3 Å². The molecule has 24 heavy (non-hydrogen) atoms. The van der Waals surface area contributed by atoms with Crippen LogP contribution in [0.5, 0.6) is 0 Å². The number of esters is 1. The molecule has 0 radical (unpaired) electrons. The van der Waals surface area contributed by atoms with E-state index in [2.05, 4.69) is 10.3 Å². The average Bonchev–Trinajstić information content (AvgIpc) is 2.49. The number of nitrogens with zero attached hydrogens (tertiary/aromatic N) is 1. The highest BCUT2D eigenvalue weighted by Gasteiger charge is 2.22. The minimum Gasteiger partial charge on any atom is -0.461 e. The molecule has 0 aliphatic carbocycles. The van der Waals surface area contributed by atoms with E-state index in [9.17, 15) is 9.59 Å². The smallest absolute Gasteiger partial charge is 0.329 e. The van der Waals surface area contributed by atoms with Crippen LogP contribution in [0.3, 0.4) is 0 Å². The Hall–Kier alpha value is -2.08. The summed E-state index contributed by atoms with van der Waals surface area (Å²) < 4.78 is 5.23. The Balaban J connectivity index is 2.19. The summed E-state index contributed by atoms with van der Waals surface area (Å²) in [5.74, 6) is -0.265. The molecular weight excluding hydrogens is 324 g/mol. The van der Waals surface area contributed by atoms with Crippen LogP contribution < -0.4 is 5.32 Å². The number of benzene rings is 1. The zero-order chi connectivity index (χ0) is 17.7. The molecule has 2 rings (SSSR count). The van der Waals surface area contributed by atoms with Gasteiger partial charge in [-0.3, -0.25) is 9.78 Å². The van der Waals surface area contributed by atoms with Gasteiger partial charge in [-0.05, 0) is 32.9 Å². The number of pyridine rings is 1. The first-order chi connectivity index (χ1) is 11.4. The number of carbonyl (C=O) groups is 2. The fourth-order valence-electron chi connectivity index (χ4n) is 2.29. The summed E-state index contributed by atoms with van der Waals surface area (Å²) in [6.07, 6.45) is -0.220. The molecule has 1 aromatic carbocycles. The molecule has 0 saturated heterocycles. The molecule has 6 heteroatoms. The predicted molar refractivity (Wildman–Crippen MR) is 96.0 cm³/mol. The monoisotopic (exact) mass is 346 g/mol. The van der Waals surface area contributed by atoms with Crippen molar-refractivity contribution in [1.29, 1.82) is 0 Å². The molecule has 1 amide bonds. The molecular formula is C18H22N2O3S. The third-order valence-electron chi connectivity index (χ3n) is 3.23. The van der Waals surface area contributed by atoms with E-state index in [-0.39, 0.29) is 12.0 Å². The van der Waals surface area contributed by atoms with Crippen LogP contribution in [-0.4, -0.2) is 34.8 Å². The number of para-hydroxylation sites is 1. The summed E-state index contributed by atoms with van der Waals surface area (Å²) in [5, 5.41) is 3.70. The summed E-state index contributed by atoms with van der Waals surface area (Å²) in [4.78, 5) is 29.1. The maximum atomic E-state index is 12.2. The SMILES string of the molecule is CC(=O)NC(CSc1cc(C)nc2ccccc12)C(=O)OC(C)C. The molecule has 0 bridgehead atoms. The number of carbonyl (C=O) groups excluding carboxylic acids is 2. The lowest BCUT2D eigenvalue weighted by molar-refractivity contribution is -0.150. The lowest BCUT2D eigenvalue weighted by atomic mass is 10.2. The van der Waals surface area contributed by atoms with Gasteiger partial charge in [0, 0.05) is 28.7 Å². The number of hydrogen-bond donors (Lipinski definition) is 1. The minimum absolute atomic E-state index is 0.220. The third-order valence-corrected chi connectivity index (χ3v) is 4.37. The molecule has 128 valence electrons. The number of fused-ring (bicyclic) bond motifs is 1. The Kier molecular flexibility index (Phi) is 6.20. The van der Waals surface area contributed by atoms with E-state index in [1.54, 1.807) is 13.8 Å². The van der Waals surface area contributed by atoms with Crippen LogP contribution in [0.15, 0.2) is 35.2 Å². The van der Waals surface area contributed by atoms with Crippen molar-refractivity contribution in [2.24, 2.45) is 0 Å². The van der Waals surface area contributed by atoms with Gasteiger partial charge < -0.3 is 10.1 Å². The van der Waals surface area contributed by atoms with Crippen LogP contribution in [0.4, 0.5) is 0 Å². The predicted octanol–water partition coefficient (Wildman–Crippen LogP) is 3.09. The summed E-state index contributed by atoms with van der Waals surface area (Å²) in [5.41, 5.74) is 1.83. The van der Waals surface area contributed by atoms with Gasteiger partial charge in [-0.1, -0.05) is 18.2 Å². The van der Waals surface area contributed by atoms with Gasteiger partial charge in [0.15, 0.2) is 0 Å². The van der Waals surface area contributed by atoms with Crippen molar-refractivity contribution >= 4 is 34.5 Å². The van der Waals surface area contributed by atoms with Crippen LogP contribution in [0.25, 0.3) is 10.9 Å². The van der Waals surface area contributed by atoms with E-state index in [0.717, 1.165) is 21.5 Å². The second-order valence-electron chi connectivity index (χ2n) is 5.83. The Bertz CT molecular complexity index is 746. The lowest BCUT2D eigenvalue weighted by Gasteiger charge is -2.18. The maximum Gasteiger partial charge on any atom is 0.329 e. The fourth-order valence-corrected chi connectivity index (χ4v) is 3.44. The molecule has 0 fully saturated rings. The van der Waals surface area contributed by atoms with Gasteiger partial charge in [0.2, 0.25) is 5.91 Å². The van der Waals surface area contributed by atoms with Crippen molar-refractivity contribution in [2.75, 3.05) is 5.75 Å². The van der Waals surface area contributed by atoms with E-state index in [4.69, 9.17) is 4.74 Å². The van der Waals surface area contributed by atoms with Crippen LogP contribution in [0, 0.1) is 6.92 Å². The van der Waals surface area contributed by atoms with E-state index < -0.39 is 12.0 Å². The quantitative estimate of drug-likeness (QED) is 0.643. The van der Waals surface area contributed by atoms with Crippen molar-refractivity contribution in [3.05, 3.63) is 36.0 Å². The van der Waals surface area contributed by atoms with Gasteiger partial charge >= 0.3 is 5.97 Å². The van der Waals surface area contributed by atoms with E-state index >= 15 is 0 Å². The van der Waals surface area contributed by atoms with E-state index in [1.165, 1.54) is 18.7 Å².